The van der Waals surface area contributed by atoms with Gasteiger partial charge in [0.25, 0.3) is 0 Å². The van der Waals surface area contributed by atoms with Gasteiger partial charge in [-0.2, -0.15) is 0 Å². The normalized spacial score (nSPS) is 12.3. The third-order valence-electron chi connectivity index (χ3n) is 6.33. The van der Waals surface area contributed by atoms with Crippen LogP contribution in [0.5, 0.6) is 0 Å². The molecule has 5 aromatic rings. The molecule has 28 heavy (non-hydrogen) atoms. The summed E-state index contributed by atoms with van der Waals surface area (Å²) in [6, 6.07) is 33.3. The van der Waals surface area contributed by atoms with Gasteiger partial charge in [0.05, 0.1) is 0 Å². The monoisotopic (exact) mass is 356 g/mol. The summed E-state index contributed by atoms with van der Waals surface area (Å²) in [5.74, 6) is 0. The van der Waals surface area contributed by atoms with Crippen molar-refractivity contribution in [1.29, 1.82) is 0 Å². The van der Waals surface area contributed by atoms with Crippen molar-refractivity contribution in [3.8, 4) is 22.3 Å². The van der Waals surface area contributed by atoms with E-state index in [-0.39, 0.29) is 0 Å². The molecule has 0 bridgehead atoms. The lowest BCUT2D eigenvalue weighted by Gasteiger charge is -2.13. The highest BCUT2D eigenvalue weighted by Crippen LogP contribution is 2.45. The molecule has 0 aromatic heterocycles. The molecule has 132 valence electrons. The van der Waals surface area contributed by atoms with Gasteiger partial charge in [-0.15, -0.1) is 0 Å². The Labute approximate surface area is 165 Å². The fourth-order valence-corrected chi connectivity index (χ4v) is 4.94. The molecule has 6 rings (SSSR count). The van der Waals surface area contributed by atoms with Crippen molar-refractivity contribution in [3.63, 3.8) is 0 Å². The van der Waals surface area contributed by atoms with Crippen LogP contribution in [0.15, 0.2) is 91.0 Å². The zero-order chi connectivity index (χ0) is 18.7. The fraction of sp³-hybridized carbons (Fsp3) is 0.0714. The fourth-order valence-electron chi connectivity index (χ4n) is 4.94. The van der Waals surface area contributed by atoms with Crippen molar-refractivity contribution in [2.24, 2.45) is 0 Å². The van der Waals surface area contributed by atoms with Gasteiger partial charge in [0.1, 0.15) is 0 Å². The van der Waals surface area contributed by atoms with Gasteiger partial charge in [0, 0.05) is 0 Å². The highest BCUT2D eigenvalue weighted by molar-refractivity contribution is 6.13. The Balaban J connectivity index is 1.63. The minimum absolute atomic E-state index is 1.03. The van der Waals surface area contributed by atoms with Crippen molar-refractivity contribution in [3.05, 3.63) is 108 Å². The minimum Gasteiger partial charge on any atom is -0.0622 e. The Hall–Kier alpha value is -3.38. The Morgan fingerprint density at radius 2 is 1.32 bits per heavy atom. The smallest absolute Gasteiger partial charge is 0.00104 e. The predicted molar refractivity (Wildman–Crippen MR) is 120 cm³/mol. The van der Waals surface area contributed by atoms with Crippen LogP contribution in [0, 0.1) is 6.92 Å². The topological polar surface area (TPSA) is 0 Å². The Morgan fingerprint density at radius 3 is 2.21 bits per heavy atom. The molecule has 0 nitrogen and oxygen atoms in total. The second-order valence-electron chi connectivity index (χ2n) is 7.79. The van der Waals surface area contributed by atoms with Crippen molar-refractivity contribution < 1.29 is 0 Å². The van der Waals surface area contributed by atoms with Crippen LogP contribution in [0.4, 0.5) is 0 Å². The third kappa shape index (κ3) is 2.12. The van der Waals surface area contributed by atoms with Crippen LogP contribution < -0.4 is 0 Å². The lowest BCUT2D eigenvalue weighted by Crippen LogP contribution is -1.91. The average molecular weight is 356 g/mol. The summed E-state index contributed by atoms with van der Waals surface area (Å²) in [6.07, 6.45) is 1.03. The Morgan fingerprint density at radius 1 is 0.571 bits per heavy atom. The summed E-state index contributed by atoms with van der Waals surface area (Å²) in [5, 5.41) is 5.38. The predicted octanol–water partition coefficient (Wildman–Crippen LogP) is 7.54. The van der Waals surface area contributed by atoms with E-state index in [9.17, 15) is 0 Å². The second kappa shape index (κ2) is 5.81. The maximum atomic E-state index is 2.34. The maximum Gasteiger partial charge on any atom is -0.00104 e. The van der Waals surface area contributed by atoms with Gasteiger partial charge in [-0.1, -0.05) is 91.0 Å². The Bertz CT molecular complexity index is 1370. The minimum atomic E-state index is 1.03. The summed E-state index contributed by atoms with van der Waals surface area (Å²) in [4.78, 5) is 0. The average Bonchev–Trinajstić information content (AvgIpc) is 3.14. The van der Waals surface area contributed by atoms with Crippen molar-refractivity contribution >= 4 is 21.5 Å². The van der Waals surface area contributed by atoms with Gasteiger partial charge < -0.3 is 0 Å². The summed E-state index contributed by atoms with van der Waals surface area (Å²) in [6.45, 7) is 2.28. The molecule has 0 unspecified atom stereocenters. The highest BCUT2D eigenvalue weighted by atomic mass is 14.3. The quantitative estimate of drug-likeness (QED) is 0.267. The summed E-state index contributed by atoms with van der Waals surface area (Å²) in [5.41, 5.74) is 9.84. The molecule has 5 aromatic carbocycles. The molecule has 0 fully saturated rings. The highest BCUT2D eigenvalue weighted by Gasteiger charge is 2.24. The van der Waals surface area contributed by atoms with E-state index in [4.69, 9.17) is 0 Å². The molecule has 0 amide bonds. The first kappa shape index (κ1) is 15.7. The van der Waals surface area contributed by atoms with Crippen LogP contribution in [0.25, 0.3) is 43.8 Å². The van der Waals surface area contributed by atoms with Crippen LogP contribution in [0.2, 0.25) is 0 Å². The molecule has 0 N–H and O–H groups in total. The number of benzene rings is 5. The largest absolute Gasteiger partial charge is 0.0622 e. The zero-order valence-corrected chi connectivity index (χ0v) is 15.9. The van der Waals surface area contributed by atoms with E-state index in [1.807, 2.05) is 0 Å². The van der Waals surface area contributed by atoms with Gasteiger partial charge in [-0.25, -0.2) is 0 Å². The molecular formula is C28H20. The summed E-state index contributed by atoms with van der Waals surface area (Å²) < 4.78 is 0. The van der Waals surface area contributed by atoms with Crippen molar-refractivity contribution in [1.82, 2.24) is 0 Å². The van der Waals surface area contributed by atoms with E-state index in [0.29, 0.717) is 0 Å². The first-order valence-corrected chi connectivity index (χ1v) is 9.93. The van der Waals surface area contributed by atoms with E-state index in [1.54, 1.807) is 0 Å². The standard InChI is InChI=1S/C28H20/c1-18-22(19-7-3-2-4-8-19)15-16-26-27(18)17-21-12-13-24-23-10-6-5-9-20(23)11-14-25(24)28(21)26/h2-16H,17H2,1H3. The summed E-state index contributed by atoms with van der Waals surface area (Å²) >= 11 is 0. The maximum absolute atomic E-state index is 2.34. The molecule has 0 heteroatoms. The number of hydrogen-bond donors (Lipinski definition) is 0. The second-order valence-corrected chi connectivity index (χ2v) is 7.79. The molecule has 0 spiro atoms. The van der Waals surface area contributed by atoms with E-state index < -0.39 is 0 Å². The van der Waals surface area contributed by atoms with E-state index in [0.717, 1.165) is 6.42 Å². The van der Waals surface area contributed by atoms with Gasteiger partial charge in [-0.3, -0.25) is 0 Å². The number of hydrogen-bond acceptors (Lipinski definition) is 0. The molecule has 0 heterocycles. The zero-order valence-electron chi connectivity index (χ0n) is 15.9. The SMILES string of the molecule is Cc1c(-c2ccccc2)ccc2c1Cc1ccc3c(ccc4ccccc43)c1-2. The summed E-state index contributed by atoms with van der Waals surface area (Å²) in [7, 11) is 0. The van der Waals surface area contributed by atoms with Crippen LogP contribution in [-0.2, 0) is 6.42 Å². The van der Waals surface area contributed by atoms with Crippen LogP contribution in [0.3, 0.4) is 0 Å². The van der Waals surface area contributed by atoms with Gasteiger partial charge in [0.15, 0.2) is 0 Å². The van der Waals surface area contributed by atoms with Crippen LogP contribution >= 0.6 is 0 Å². The van der Waals surface area contributed by atoms with E-state index in [1.165, 1.54) is 60.5 Å². The van der Waals surface area contributed by atoms with Crippen LogP contribution in [0.1, 0.15) is 16.7 Å². The Kier molecular flexibility index (Phi) is 3.25. The lowest BCUT2D eigenvalue weighted by atomic mass is 9.91. The first-order valence-electron chi connectivity index (χ1n) is 9.93. The number of rotatable bonds is 1. The molecule has 1 aliphatic rings. The van der Waals surface area contributed by atoms with E-state index in [2.05, 4.69) is 97.9 Å². The van der Waals surface area contributed by atoms with E-state index >= 15 is 0 Å². The van der Waals surface area contributed by atoms with Gasteiger partial charge >= 0.3 is 0 Å². The first-order chi connectivity index (χ1) is 13.8. The van der Waals surface area contributed by atoms with Crippen molar-refractivity contribution in [2.75, 3.05) is 0 Å². The molecule has 0 saturated carbocycles. The molecule has 0 aliphatic heterocycles. The molecule has 0 saturated heterocycles. The molecule has 0 atom stereocenters. The van der Waals surface area contributed by atoms with Crippen LogP contribution in [-0.4, -0.2) is 0 Å². The van der Waals surface area contributed by atoms with Crippen molar-refractivity contribution in [2.45, 2.75) is 13.3 Å². The number of fused-ring (bicyclic) bond motifs is 7. The molecular weight excluding hydrogens is 336 g/mol. The molecule has 1 aliphatic carbocycles. The van der Waals surface area contributed by atoms with Gasteiger partial charge in [0.2, 0.25) is 0 Å². The molecule has 0 radical (unpaired) electrons. The third-order valence-corrected chi connectivity index (χ3v) is 6.33. The van der Waals surface area contributed by atoms with Gasteiger partial charge in [-0.05, 0) is 73.8 Å². The lowest BCUT2D eigenvalue weighted by molar-refractivity contribution is 1.22.